The van der Waals surface area contributed by atoms with Crippen LogP contribution in [0.5, 0.6) is 0 Å². The lowest BCUT2D eigenvalue weighted by Crippen LogP contribution is -2.46. The average molecular weight is 461 g/mol. The number of benzene rings is 1. The number of hydrogen-bond acceptors (Lipinski definition) is 6. The number of aliphatic hydroxyl groups excluding tert-OH is 1. The molecule has 1 N–H and O–H groups in total. The summed E-state index contributed by atoms with van der Waals surface area (Å²) in [6.45, 7) is 6.95. The van der Waals surface area contributed by atoms with Gasteiger partial charge >= 0.3 is 0 Å². The summed E-state index contributed by atoms with van der Waals surface area (Å²) in [5, 5.41) is 14.4. The van der Waals surface area contributed by atoms with Crippen LogP contribution in [0.25, 0.3) is 11.3 Å². The largest absolute Gasteiger partial charge is 0.391 e. The normalized spacial score (nSPS) is 15.4. The summed E-state index contributed by atoms with van der Waals surface area (Å²) in [4.78, 5) is 13.7. The Morgan fingerprint density at radius 3 is 2.50 bits per heavy atom. The number of hydrogen-bond donors (Lipinski definition) is 1. The summed E-state index contributed by atoms with van der Waals surface area (Å²) in [5.41, 5.74) is 2.80. The summed E-state index contributed by atoms with van der Waals surface area (Å²) in [6.07, 6.45) is 8.71. The van der Waals surface area contributed by atoms with Crippen LogP contribution in [-0.2, 0) is 13.1 Å². The van der Waals surface area contributed by atoms with Crippen LogP contribution in [0.1, 0.15) is 25.3 Å². The summed E-state index contributed by atoms with van der Waals surface area (Å²) < 4.78 is 15.1. The monoisotopic (exact) mass is 460 g/mol. The van der Waals surface area contributed by atoms with Gasteiger partial charge in [-0.15, -0.1) is 12.4 Å². The number of nitrogens with zero attached hydrogens (tertiary/aromatic N) is 6. The fourth-order valence-electron chi connectivity index (χ4n) is 3.98. The van der Waals surface area contributed by atoms with Crippen molar-refractivity contribution in [2.24, 2.45) is 0 Å². The number of piperazine rings is 1. The van der Waals surface area contributed by atoms with Gasteiger partial charge in [0.15, 0.2) is 5.82 Å². The molecule has 7 nitrogen and oxygen atoms in total. The maximum Gasteiger partial charge on any atom is 0.155 e. The molecule has 1 aliphatic rings. The molecule has 2 aromatic heterocycles. The van der Waals surface area contributed by atoms with Gasteiger partial charge in [0.1, 0.15) is 11.5 Å². The molecule has 172 valence electrons. The van der Waals surface area contributed by atoms with Gasteiger partial charge in [0.05, 0.1) is 18.8 Å². The van der Waals surface area contributed by atoms with Gasteiger partial charge in [-0.25, -0.2) is 9.37 Å². The summed E-state index contributed by atoms with van der Waals surface area (Å²) in [5.74, 6) is 0.581. The summed E-state index contributed by atoms with van der Waals surface area (Å²) in [7, 11) is 0. The Kier molecular flexibility index (Phi) is 8.55. The third-order valence-corrected chi connectivity index (χ3v) is 5.58. The molecule has 1 atom stereocenters. The smallest absolute Gasteiger partial charge is 0.155 e. The Balaban J connectivity index is 0.00000289. The molecule has 0 amide bonds. The Morgan fingerprint density at radius 1 is 1.06 bits per heavy atom. The number of anilines is 1. The highest BCUT2D eigenvalue weighted by molar-refractivity contribution is 5.85. The van der Waals surface area contributed by atoms with E-state index in [0.29, 0.717) is 6.54 Å². The zero-order chi connectivity index (χ0) is 21.6. The second-order valence-electron chi connectivity index (χ2n) is 8.01. The lowest BCUT2D eigenvalue weighted by atomic mass is 10.1. The topological polar surface area (TPSA) is 70.3 Å². The molecule has 0 unspecified atom stereocenters. The van der Waals surface area contributed by atoms with Crippen molar-refractivity contribution in [1.82, 2.24) is 24.6 Å². The molecule has 1 aromatic carbocycles. The second kappa shape index (κ2) is 11.4. The lowest BCUT2D eigenvalue weighted by Gasteiger charge is -2.35. The van der Waals surface area contributed by atoms with Crippen LogP contribution in [0.2, 0.25) is 0 Å². The number of aliphatic hydroxyl groups is 1. The standard InChI is InChI=1S/C23H29FN6O.ClH/c1-2-3-21(31)17-30-16-18(14-27-30)15-28-10-12-29(13-11-28)23-22(25-8-9-26-23)19-4-6-20(24)7-5-19;/h4-9,14,16,21,31H,2-3,10-13,15,17H2,1H3;1H/t21-;/m1./s1. The van der Waals surface area contributed by atoms with E-state index in [2.05, 4.69) is 31.8 Å². The van der Waals surface area contributed by atoms with E-state index < -0.39 is 0 Å². The first-order valence-electron chi connectivity index (χ1n) is 10.9. The molecule has 1 fully saturated rings. The molecule has 0 aliphatic carbocycles. The minimum Gasteiger partial charge on any atom is -0.391 e. The van der Waals surface area contributed by atoms with Crippen LogP contribution in [0, 0.1) is 5.82 Å². The fraction of sp³-hybridized carbons (Fsp3) is 0.435. The number of aromatic nitrogens is 4. The Bertz CT molecular complexity index is 975. The van der Waals surface area contributed by atoms with Crippen molar-refractivity contribution in [2.45, 2.75) is 39.0 Å². The van der Waals surface area contributed by atoms with E-state index in [4.69, 9.17) is 0 Å². The molecular formula is C23H30ClFN6O. The maximum atomic E-state index is 13.3. The van der Waals surface area contributed by atoms with Crippen LogP contribution in [0.4, 0.5) is 10.2 Å². The molecule has 1 saturated heterocycles. The first kappa shape index (κ1) is 24.1. The van der Waals surface area contributed by atoms with Crippen molar-refractivity contribution in [2.75, 3.05) is 31.1 Å². The highest BCUT2D eigenvalue weighted by Crippen LogP contribution is 2.27. The molecule has 32 heavy (non-hydrogen) atoms. The van der Waals surface area contributed by atoms with Gasteiger partial charge in [0.2, 0.25) is 0 Å². The van der Waals surface area contributed by atoms with Gasteiger partial charge in [-0.2, -0.15) is 5.10 Å². The second-order valence-corrected chi connectivity index (χ2v) is 8.01. The van der Waals surface area contributed by atoms with Gasteiger partial charge in [-0.3, -0.25) is 14.6 Å². The SMILES string of the molecule is CCC[C@@H](O)Cn1cc(CN2CCN(c3nccnc3-c3ccc(F)cc3)CC2)cn1.Cl. The molecule has 4 rings (SSSR count). The minimum absolute atomic E-state index is 0. The van der Waals surface area contributed by atoms with Crippen molar-refractivity contribution < 1.29 is 9.50 Å². The van der Waals surface area contributed by atoms with Crippen molar-refractivity contribution in [3.8, 4) is 11.3 Å². The zero-order valence-corrected chi connectivity index (χ0v) is 19.1. The van der Waals surface area contributed by atoms with E-state index in [9.17, 15) is 9.50 Å². The third kappa shape index (κ3) is 6.03. The molecule has 0 bridgehead atoms. The molecule has 3 aromatic rings. The Morgan fingerprint density at radius 2 is 1.78 bits per heavy atom. The fourth-order valence-corrected chi connectivity index (χ4v) is 3.98. The highest BCUT2D eigenvalue weighted by Gasteiger charge is 2.22. The maximum absolute atomic E-state index is 13.3. The molecular weight excluding hydrogens is 431 g/mol. The van der Waals surface area contributed by atoms with Gasteiger partial charge in [-0.05, 0) is 30.7 Å². The predicted molar refractivity (Wildman–Crippen MR) is 125 cm³/mol. The van der Waals surface area contributed by atoms with Crippen LogP contribution >= 0.6 is 12.4 Å². The predicted octanol–water partition coefficient (Wildman–Crippen LogP) is 3.38. The van der Waals surface area contributed by atoms with Crippen molar-refractivity contribution in [1.29, 1.82) is 0 Å². The van der Waals surface area contributed by atoms with E-state index in [1.165, 1.54) is 12.1 Å². The van der Waals surface area contributed by atoms with Gasteiger partial charge in [-0.1, -0.05) is 13.3 Å². The highest BCUT2D eigenvalue weighted by atomic mass is 35.5. The van der Waals surface area contributed by atoms with Crippen LogP contribution < -0.4 is 4.90 Å². The first-order chi connectivity index (χ1) is 15.1. The number of halogens is 2. The first-order valence-corrected chi connectivity index (χ1v) is 10.9. The van der Waals surface area contributed by atoms with Gasteiger partial charge < -0.3 is 10.0 Å². The Labute approximate surface area is 194 Å². The van der Waals surface area contributed by atoms with Crippen molar-refractivity contribution in [3.63, 3.8) is 0 Å². The molecule has 0 saturated carbocycles. The third-order valence-electron chi connectivity index (χ3n) is 5.58. The van der Waals surface area contributed by atoms with Crippen LogP contribution in [-0.4, -0.2) is 62.0 Å². The summed E-state index contributed by atoms with van der Waals surface area (Å²) >= 11 is 0. The van der Waals surface area contributed by atoms with Crippen molar-refractivity contribution in [3.05, 3.63) is 60.4 Å². The quantitative estimate of drug-likeness (QED) is 0.555. The minimum atomic E-state index is -0.344. The molecule has 3 heterocycles. The van der Waals surface area contributed by atoms with E-state index in [0.717, 1.165) is 68.2 Å². The average Bonchev–Trinajstić information content (AvgIpc) is 3.21. The molecule has 9 heteroatoms. The van der Waals surface area contributed by atoms with Crippen LogP contribution in [0.15, 0.2) is 49.1 Å². The molecule has 0 spiro atoms. The Hall–Kier alpha value is -2.55. The zero-order valence-electron chi connectivity index (χ0n) is 18.3. The van der Waals surface area contributed by atoms with Gasteiger partial charge in [0, 0.05) is 62.4 Å². The van der Waals surface area contributed by atoms with E-state index in [-0.39, 0.29) is 24.3 Å². The summed E-state index contributed by atoms with van der Waals surface area (Å²) in [6, 6.07) is 6.39. The molecule has 1 aliphatic heterocycles. The van der Waals surface area contributed by atoms with E-state index in [1.54, 1.807) is 24.5 Å². The molecule has 0 radical (unpaired) electrons. The van der Waals surface area contributed by atoms with Crippen molar-refractivity contribution >= 4 is 18.2 Å². The van der Waals surface area contributed by atoms with Crippen LogP contribution in [0.3, 0.4) is 0 Å². The van der Waals surface area contributed by atoms with Gasteiger partial charge in [0.25, 0.3) is 0 Å². The number of rotatable bonds is 8. The van der Waals surface area contributed by atoms with E-state index in [1.807, 2.05) is 17.1 Å². The van der Waals surface area contributed by atoms with E-state index >= 15 is 0 Å². The lowest BCUT2D eigenvalue weighted by molar-refractivity contribution is 0.139.